The average molecular weight is 300 g/mol. The lowest BCUT2D eigenvalue weighted by Crippen LogP contribution is -2.03. The molecule has 0 saturated heterocycles. The normalized spacial score (nSPS) is 11.2. The molecule has 0 spiro atoms. The number of imidazole rings is 1. The molecule has 0 amide bonds. The molecule has 0 aliphatic rings. The number of rotatable bonds is 4. The summed E-state index contributed by atoms with van der Waals surface area (Å²) in [6, 6.07) is 12.0. The molecule has 0 radical (unpaired) electrons. The monoisotopic (exact) mass is 299 g/mol. The van der Waals surface area contributed by atoms with E-state index >= 15 is 0 Å². The Morgan fingerprint density at radius 1 is 1.19 bits per heavy atom. The van der Waals surface area contributed by atoms with Crippen LogP contribution in [0.1, 0.15) is 17.7 Å². The first-order chi connectivity index (χ1) is 10.2. The predicted octanol–water partition coefficient (Wildman–Crippen LogP) is 3.85. The van der Waals surface area contributed by atoms with E-state index in [-0.39, 0.29) is 0 Å². The van der Waals surface area contributed by atoms with E-state index in [1.54, 1.807) is 0 Å². The number of nitrogens with two attached hydrogens (primary N) is 1. The fraction of sp³-hybridized carbons (Fsp3) is 0.235. The van der Waals surface area contributed by atoms with Crippen molar-refractivity contribution >= 4 is 17.2 Å². The highest BCUT2D eigenvalue weighted by atomic mass is 35.5. The fourth-order valence-corrected chi connectivity index (χ4v) is 2.73. The zero-order valence-corrected chi connectivity index (χ0v) is 12.8. The van der Waals surface area contributed by atoms with Crippen molar-refractivity contribution in [3.63, 3.8) is 0 Å². The number of hydrogen-bond acceptors (Lipinski definition) is 2. The quantitative estimate of drug-likeness (QED) is 0.795. The van der Waals surface area contributed by atoms with Crippen molar-refractivity contribution < 1.29 is 0 Å². The van der Waals surface area contributed by atoms with Gasteiger partial charge in [0.2, 0.25) is 0 Å². The van der Waals surface area contributed by atoms with E-state index < -0.39 is 0 Å². The Bertz CT molecular complexity index is 760. The maximum atomic E-state index is 5.98. The van der Waals surface area contributed by atoms with Gasteiger partial charge in [-0.05, 0) is 50.1 Å². The second kappa shape index (κ2) is 5.88. The first-order valence-electron chi connectivity index (χ1n) is 7.13. The van der Waals surface area contributed by atoms with Gasteiger partial charge in [0.05, 0.1) is 11.4 Å². The summed E-state index contributed by atoms with van der Waals surface area (Å²) in [7, 11) is 0. The molecule has 1 aromatic carbocycles. The van der Waals surface area contributed by atoms with Crippen molar-refractivity contribution in [3.05, 3.63) is 58.9 Å². The summed E-state index contributed by atoms with van der Waals surface area (Å²) in [5, 5.41) is 0.738. The van der Waals surface area contributed by atoms with Crippen LogP contribution in [0.5, 0.6) is 0 Å². The molecule has 3 rings (SSSR count). The first-order valence-corrected chi connectivity index (χ1v) is 7.51. The lowest BCUT2D eigenvalue weighted by molar-refractivity contribution is 0.803. The van der Waals surface area contributed by atoms with E-state index in [0.717, 1.165) is 34.8 Å². The van der Waals surface area contributed by atoms with Crippen molar-refractivity contribution in [3.8, 4) is 11.3 Å². The zero-order valence-electron chi connectivity index (χ0n) is 12.0. The van der Waals surface area contributed by atoms with E-state index in [2.05, 4.69) is 29.7 Å². The van der Waals surface area contributed by atoms with Gasteiger partial charge in [0, 0.05) is 16.8 Å². The van der Waals surface area contributed by atoms with Crippen LogP contribution < -0.4 is 5.73 Å². The molecule has 21 heavy (non-hydrogen) atoms. The van der Waals surface area contributed by atoms with Gasteiger partial charge < -0.3 is 10.1 Å². The molecule has 0 aliphatic heterocycles. The Morgan fingerprint density at radius 3 is 2.67 bits per heavy atom. The van der Waals surface area contributed by atoms with E-state index in [1.807, 2.05) is 24.3 Å². The Balaban J connectivity index is 2.20. The molecule has 0 aliphatic carbocycles. The van der Waals surface area contributed by atoms with E-state index in [1.165, 1.54) is 11.3 Å². The van der Waals surface area contributed by atoms with Crippen molar-refractivity contribution in [2.24, 2.45) is 5.73 Å². The zero-order chi connectivity index (χ0) is 14.8. The number of aromatic nitrogens is 2. The van der Waals surface area contributed by atoms with Crippen molar-refractivity contribution in [1.82, 2.24) is 9.38 Å². The maximum Gasteiger partial charge on any atom is 0.140 e. The molecule has 0 bridgehead atoms. The van der Waals surface area contributed by atoms with Crippen LogP contribution in [0, 0.1) is 6.92 Å². The van der Waals surface area contributed by atoms with Crippen LogP contribution in [-0.2, 0) is 6.42 Å². The smallest absolute Gasteiger partial charge is 0.140 e. The minimum Gasteiger partial charge on any atom is -0.330 e. The number of pyridine rings is 1. The summed E-state index contributed by atoms with van der Waals surface area (Å²) in [5.74, 6) is 0. The highest BCUT2D eigenvalue weighted by Crippen LogP contribution is 2.27. The summed E-state index contributed by atoms with van der Waals surface area (Å²) in [6.45, 7) is 2.76. The van der Waals surface area contributed by atoms with E-state index in [4.69, 9.17) is 22.3 Å². The van der Waals surface area contributed by atoms with Gasteiger partial charge >= 0.3 is 0 Å². The molecule has 0 atom stereocenters. The Hall–Kier alpha value is -1.84. The SMILES string of the molecule is Cc1cccn2c(CCCN)c(-c3ccc(Cl)cc3)nc12. The summed E-state index contributed by atoms with van der Waals surface area (Å²) in [4.78, 5) is 4.84. The third kappa shape index (κ3) is 2.67. The predicted molar refractivity (Wildman–Crippen MR) is 87.8 cm³/mol. The van der Waals surface area contributed by atoms with Crippen molar-refractivity contribution in [1.29, 1.82) is 0 Å². The summed E-state index contributed by atoms with van der Waals surface area (Å²) in [6.07, 6.45) is 3.93. The van der Waals surface area contributed by atoms with Gasteiger partial charge in [-0.25, -0.2) is 4.98 Å². The topological polar surface area (TPSA) is 43.3 Å². The molecule has 0 unspecified atom stereocenters. The van der Waals surface area contributed by atoms with Crippen LogP contribution in [0.15, 0.2) is 42.6 Å². The van der Waals surface area contributed by atoms with Gasteiger partial charge in [-0.3, -0.25) is 0 Å². The minimum atomic E-state index is 0.680. The van der Waals surface area contributed by atoms with Crippen LogP contribution in [0.4, 0.5) is 0 Å². The Morgan fingerprint density at radius 2 is 1.95 bits per heavy atom. The van der Waals surface area contributed by atoms with Crippen LogP contribution in [0.3, 0.4) is 0 Å². The molecule has 2 heterocycles. The Kier molecular flexibility index (Phi) is 3.95. The molecule has 3 nitrogen and oxygen atoms in total. The van der Waals surface area contributed by atoms with Gasteiger partial charge in [0.25, 0.3) is 0 Å². The second-order valence-corrected chi connectivity index (χ2v) is 5.63. The number of aryl methyl sites for hydroxylation is 2. The fourth-order valence-electron chi connectivity index (χ4n) is 2.60. The van der Waals surface area contributed by atoms with E-state index in [0.29, 0.717) is 6.54 Å². The molecule has 108 valence electrons. The molecule has 0 fully saturated rings. The third-order valence-corrected chi connectivity index (χ3v) is 3.93. The highest BCUT2D eigenvalue weighted by Gasteiger charge is 2.14. The van der Waals surface area contributed by atoms with Crippen LogP contribution in [0.2, 0.25) is 5.02 Å². The van der Waals surface area contributed by atoms with Crippen LogP contribution in [0.25, 0.3) is 16.9 Å². The molecule has 0 saturated carbocycles. The third-order valence-electron chi connectivity index (χ3n) is 3.68. The number of fused-ring (bicyclic) bond motifs is 1. The lowest BCUT2D eigenvalue weighted by atomic mass is 10.1. The molecule has 2 aromatic heterocycles. The van der Waals surface area contributed by atoms with Gasteiger partial charge in [-0.15, -0.1) is 0 Å². The molecule has 3 aromatic rings. The number of hydrogen-bond donors (Lipinski definition) is 1. The van der Waals surface area contributed by atoms with Crippen LogP contribution in [-0.4, -0.2) is 15.9 Å². The van der Waals surface area contributed by atoms with Gasteiger partial charge in [0.1, 0.15) is 5.65 Å². The van der Waals surface area contributed by atoms with Crippen molar-refractivity contribution in [2.75, 3.05) is 6.54 Å². The summed E-state index contributed by atoms with van der Waals surface area (Å²) in [5.41, 5.74) is 11.2. The number of halogens is 1. The summed E-state index contributed by atoms with van der Waals surface area (Å²) < 4.78 is 2.18. The first kappa shape index (κ1) is 14.1. The standard InChI is InChI=1S/C17H18ClN3/c1-12-4-3-11-21-15(5-2-10-19)16(20-17(12)21)13-6-8-14(18)9-7-13/h3-4,6-9,11H,2,5,10,19H2,1H3. The molecular weight excluding hydrogens is 282 g/mol. The van der Waals surface area contributed by atoms with Gasteiger partial charge in [-0.1, -0.05) is 29.8 Å². The van der Waals surface area contributed by atoms with Gasteiger partial charge in [0.15, 0.2) is 0 Å². The molecule has 2 N–H and O–H groups in total. The number of nitrogens with zero attached hydrogens (tertiary/aromatic N) is 2. The van der Waals surface area contributed by atoms with Crippen molar-refractivity contribution in [2.45, 2.75) is 19.8 Å². The average Bonchev–Trinajstić information content (AvgIpc) is 2.86. The molecule has 4 heteroatoms. The van der Waals surface area contributed by atoms with Gasteiger partial charge in [-0.2, -0.15) is 0 Å². The van der Waals surface area contributed by atoms with Crippen LogP contribution >= 0.6 is 11.6 Å². The molecular formula is C17H18ClN3. The highest BCUT2D eigenvalue weighted by molar-refractivity contribution is 6.30. The minimum absolute atomic E-state index is 0.680. The number of benzene rings is 1. The Labute approximate surface area is 129 Å². The second-order valence-electron chi connectivity index (χ2n) is 5.19. The maximum absolute atomic E-state index is 5.98. The summed E-state index contributed by atoms with van der Waals surface area (Å²) >= 11 is 5.98. The largest absolute Gasteiger partial charge is 0.330 e. The van der Waals surface area contributed by atoms with E-state index in [9.17, 15) is 0 Å². The lowest BCUT2D eigenvalue weighted by Gasteiger charge is -2.05.